The number of nitrogens with zero attached hydrogens (tertiary/aromatic N) is 2. The van der Waals surface area contributed by atoms with E-state index in [1.165, 1.54) is 58.2 Å². The molecule has 1 aliphatic carbocycles. The molecule has 2 saturated heterocycles. The van der Waals surface area contributed by atoms with E-state index in [1.807, 2.05) is 0 Å². The van der Waals surface area contributed by atoms with Gasteiger partial charge >= 0.3 is 0 Å². The molecule has 4 atom stereocenters. The Morgan fingerprint density at radius 3 is 2.63 bits per heavy atom. The van der Waals surface area contributed by atoms with Crippen molar-refractivity contribution in [3.8, 4) is 0 Å². The summed E-state index contributed by atoms with van der Waals surface area (Å²) in [6.45, 7) is 9.56. The van der Waals surface area contributed by atoms with Crippen LogP contribution in [0, 0.1) is 5.92 Å². The van der Waals surface area contributed by atoms with Gasteiger partial charge in [-0.2, -0.15) is 0 Å². The minimum absolute atomic E-state index is 0.308. The molecular weight excluding hydrogens is 234 g/mol. The molecule has 2 aliphatic heterocycles. The van der Waals surface area contributed by atoms with E-state index >= 15 is 0 Å². The van der Waals surface area contributed by atoms with Gasteiger partial charge in [0, 0.05) is 37.3 Å². The van der Waals surface area contributed by atoms with Crippen LogP contribution in [-0.2, 0) is 0 Å². The van der Waals surface area contributed by atoms with Gasteiger partial charge in [0.25, 0.3) is 0 Å². The molecule has 4 unspecified atom stereocenters. The lowest BCUT2D eigenvalue weighted by Gasteiger charge is -2.55. The average Bonchev–Trinajstić information content (AvgIpc) is 2.80. The van der Waals surface area contributed by atoms with E-state index < -0.39 is 0 Å². The summed E-state index contributed by atoms with van der Waals surface area (Å²) in [7, 11) is 0. The number of hydrogen-bond donors (Lipinski definition) is 1. The standard InChI is InChI=1S/C16H31N3/c1-13-6-5-8-16(13,12-17)19-11-15-7-3-4-9-18(15)10-14(19)2/h13-15H,3-12,17H2,1-2H3. The lowest BCUT2D eigenvalue weighted by Crippen LogP contribution is -2.67. The molecular formula is C16H31N3. The first kappa shape index (κ1) is 13.8. The Hall–Kier alpha value is -0.120. The Kier molecular flexibility index (Phi) is 3.89. The fourth-order valence-corrected chi connectivity index (χ4v) is 5.05. The lowest BCUT2D eigenvalue weighted by atomic mass is 9.83. The molecule has 3 nitrogen and oxygen atoms in total. The molecule has 3 rings (SSSR count). The van der Waals surface area contributed by atoms with Crippen LogP contribution < -0.4 is 5.73 Å². The van der Waals surface area contributed by atoms with Crippen molar-refractivity contribution in [2.45, 2.75) is 70.0 Å². The SMILES string of the molecule is CC1CN2CCCCC2CN1C1(CN)CCCC1C. The highest BCUT2D eigenvalue weighted by atomic mass is 15.3. The predicted molar refractivity (Wildman–Crippen MR) is 80.2 cm³/mol. The van der Waals surface area contributed by atoms with Crippen molar-refractivity contribution in [3.63, 3.8) is 0 Å². The number of hydrogen-bond acceptors (Lipinski definition) is 3. The molecule has 1 saturated carbocycles. The van der Waals surface area contributed by atoms with Gasteiger partial charge in [0.1, 0.15) is 0 Å². The van der Waals surface area contributed by atoms with Gasteiger partial charge in [0.15, 0.2) is 0 Å². The van der Waals surface area contributed by atoms with E-state index in [0.29, 0.717) is 11.6 Å². The Bertz CT molecular complexity index is 319. The van der Waals surface area contributed by atoms with Crippen molar-refractivity contribution in [1.82, 2.24) is 9.80 Å². The van der Waals surface area contributed by atoms with Gasteiger partial charge in [0.05, 0.1) is 0 Å². The van der Waals surface area contributed by atoms with Crippen LogP contribution >= 0.6 is 0 Å². The molecule has 3 heteroatoms. The molecule has 0 bridgehead atoms. The van der Waals surface area contributed by atoms with E-state index in [-0.39, 0.29) is 0 Å². The molecule has 0 aromatic carbocycles. The fraction of sp³-hybridized carbons (Fsp3) is 1.00. The topological polar surface area (TPSA) is 32.5 Å². The van der Waals surface area contributed by atoms with Crippen molar-refractivity contribution in [2.75, 3.05) is 26.2 Å². The smallest absolute Gasteiger partial charge is 0.0361 e. The first-order chi connectivity index (χ1) is 9.17. The molecule has 2 N–H and O–H groups in total. The van der Waals surface area contributed by atoms with Gasteiger partial charge < -0.3 is 5.73 Å². The fourth-order valence-electron chi connectivity index (χ4n) is 5.05. The molecule has 3 fully saturated rings. The van der Waals surface area contributed by atoms with Crippen LogP contribution in [0.15, 0.2) is 0 Å². The number of piperazine rings is 1. The first-order valence-corrected chi connectivity index (χ1v) is 8.38. The summed E-state index contributed by atoms with van der Waals surface area (Å²) < 4.78 is 0. The second-order valence-electron chi connectivity index (χ2n) is 7.25. The maximum atomic E-state index is 6.27. The Morgan fingerprint density at radius 1 is 1.11 bits per heavy atom. The molecule has 2 heterocycles. The first-order valence-electron chi connectivity index (χ1n) is 8.38. The maximum Gasteiger partial charge on any atom is 0.0361 e. The molecule has 0 radical (unpaired) electrons. The third kappa shape index (κ3) is 2.24. The van der Waals surface area contributed by atoms with Gasteiger partial charge in [-0.3, -0.25) is 9.80 Å². The summed E-state index contributed by atoms with van der Waals surface area (Å²) in [5.41, 5.74) is 6.57. The van der Waals surface area contributed by atoms with Crippen molar-refractivity contribution in [2.24, 2.45) is 11.7 Å². The maximum absolute atomic E-state index is 6.27. The second-order valence-corrected chi connectivity index (χ2v) is 7.25. The minimum atomic E-state index is 0.308. The Labute approximate surface area is 118 Å². The Morgan fingerprint density at radius 2 is 1.95 bits per heavy atom. The monoisotopic (exact) mass is 265 g/mol. The van der Waals surface area contributed by atoms with Gasteiger partial charge in [-0.1, -0.05) is 19.8 Å². The minimum Gasteiger partial charge on any atom is -0.329 e. The predicted octanol–water partition coefficient (Wildman–Crippen LogP) is 2.06. The molecule has 19 heavy (non-hydrogen) atoms. The zero-order chi connectivity index (χ0) is 13.5. The summed E-state index contributed by atoms with van der Waals surface area (Å²) in [5, 5.41) is 0. The average molecular weight is 265 g/mol. The third-order valence-corrected chi connectivity index (χ3v) is 6.28. The number of fused-ring (bicyclic) bond motifs is 1. The van der Waals surface area contributed by atoms with E-state index in [1.54, 1.807) is 0 Å². The highest BCUT2D eigenvalue weighted by Crippen LogP contribution is 2.42. The second kappa shape index (κ2) is 5.34. The van der Waals surface area contributed by atoms with Crippen LogP contribution in [-0.4, -0.2) is 53.6 Å². The summed E-state index contributed by atoms with van der Waals surface area (Å²) in [4.78, 5) is 5.56. The van der Waals surface area contributed by atoms with Crippen LogP contribution in [0.1, 0.15) is 52.4 Å². The van der Waals surface area contributed by atoms with Crippen molar-refractivity contribution in [3.05, 3.63) is 0 Å². The van der Waals surface area contributed by atoms with Crippen LogP contribution in [0.5, 0.6) is 0 Å². The van der Waals surface area contributed by atoms with E-state index in [4.69, 9.17) is 5.73 Å². The molecule has 3 aliphatic rings. The highest BCUT2D eigenvalue weighted by molar-refractivity contribution is 5.05. The summed E-state index contributed by atoms with van der Waals surface area (Å²) in [5.74, 6) is 0.773. The highest BCUT2D eigenvalue weighted by Gasteiger charge is 2.48. The van der Waals surface area contributed by atoms with Crippen molar-refractivity contribution < 1.29 is 0 Å². The van der Waals surface area contributed by atoms with E-state index in [0.717, 1.165) is 18.5 Å². The zero-order valence-electron chi connectivity index (χ0n) is 12.8. The largest absolute Gasteiger partial charge is 0.329 e. The lowest BCUT2D eigenvalue weighted by molar-refractivity contribution is -0.0570. The summed E-state index contributed by atoms with van der Waals surface area (Å²) in [6.07, 6.45) is 8.29. The molecule has 0 spiro atoms. The van der Waals surface area contributed by atoms with Gasteiger partial charge in [0.2, 0.25) is 0 Å². The molecule has 0 aromatic rings. The van der Waals surface area contributed by atoms with Gasteiger partial charge in [-0.05, 0) is 45.1 Å². The summed E-state index contributed by atoms with van der Waals surface area (Å²) >= 11 is 0. The van der Waals surface area contributed by atoms with Crippen LogP contribution in [0.2, 0.25) is 0 Å². The Balaban J connectivity index is 1.79. The van der Waals surface area contributed by atoms with Crippen LogP contribution in [0.3, 0.4) is 0 Å². The number of rotatable bonds is 2. The number of piperidine rings is 1. The van der Waals surface area contributed by atoms with Gasteiger partial charge in [-0.25, -0.2) is 0 Å². The normalized spacial score (nSPS) is 45.3. The van der Waals surface area contributed by atoms with Gasteiger partial charge in [-0.15, -0.1) is 0 Å². The number of nitrogens with two attached hydrogens (primary N) is 1. The van der Waals surface area contributed by atoms with Crippen LogP contribution in [0.25, 0.3) is 0 Å². The molecule has 110 valence electrons. The van der Waals surface area contributed by atoms with E-state index in [2.05, 4.69) is 23.6 Å². The van der Waals surface area contributed by atoms with E-state index in [9.17, 15) is 0 Å². The quantitative estimate of drug-likeness (QED) is 0.829. The third-order valence-electron chi connectivity index (χ3n) is 6.28. The van der Waals surface area contributed by atoms with Crippen molar-refractivity contribution in [1.29, 1.82) is 0 Å². The summed E-state index contributed by atoms with van der Waals surface area (Å²) in [6, 6.07) is 1.49. The zero-order valence-corrected chi connectivity index (χ0v) is 12.8. The van der Waals surface area contributed by atoms with Crippen LogP contribution in [0.4, 0.5) is 0 Å². The molecule has 0 aromatic heterocycles. The molecule has 0 amide bonds. The van der Waals surface area contributed by atoms with Crippen molar-refractivity contribution >= 4 is 0 Å².